The molecule has 2 rings (SSSR count). The van der Waals surface area contributed by atoms with Gasteiger partial charge in [0.25, 0.3) is 0 Å². The fourth-order valence-electron chi connectivity index (χ4n) is 2.09. The molecule has 4 nitrogen and oxygen atoms in total. The Morgan fingerprint density at radius 2 is 1.65 bits per heavy atom. The van der Waals surface area contributed by atoms with Gasteiger partial charge in [0.15, 0.2) is 5.78 Å². The zero-order valence-electron chi connectivity index (χ0n) is 14.8. The van der Waals surface area contributed by atoms with E-state index in [1.165, 1.54) is 0 Å². The van der Waals surface area contributed by atoms with E-state index < -0.39 is 0 Å². The van der Waals surface area contributed by atoms with Crippen LogP contribution >= 0.6 is 0 Å². The maximum absolute atomic E-state index is 11.9. The topological polar surface area (TPSA) is 47.8 Å². The molecular weight excluding hydrogens is 286 g/mol. The smallest absolute Gasteiger partial charge is 0.161 e. The highest BCUT2D eigenvalue weighted by Gasteiger charge is 2.20. The van der Waals surface area contributed by atoms with E-state index in [0.717, 1.165) is 16.9 Å². The van der Waals surface area contributed by atoms with Crippen LogP contribution in [0.15, 0.2) is 36.5 Å². The molecule has 23 heavy (non-hydrogen) atoms. The van der Waals surface area contributed by atoms with Crippen molar-refractivity contribution in [1.29, 1.82) is 0 Å². The summed E-state index contributed by atoms with van der Waals surface area (Å²) in [4.78, 5) is 11.9. The van der Waals surface area contributed by atoms with Crippen LogP contribution in [-0.4, -0.2) is 20.8 Å². The maximum Gasteiger partial charge on any atom is 0.161 e. The number of allylic oxidation sites excluding steroid dienone is 1. The van der Waals surface area contributed by atoms with Gasteiger partial charge in [0.1, 0.15) is 0 Å². The molecular formula is C19H25N3O. The Kier molecular flexibility index (Phi) is 4.55. The molecule has 0 atom stereocenters. The lowest BCUT2D eigenvalue weighted by Crippen LogP contribution is -2.17. The number of carbonyl (C=O) groups excluding carboxylic acids is 1. The van der Waals surface area contributed by atoms with Crippen molar-refractivity contribution < 1.29 is 4.79 Å². The van der Waals surface area contributed by atoms with E-state index in [2.05, 4.69) is 31.1 Å². The number of rotatable bonds is 3. The fraction of sp³-hybridized carbons (Fsp3) is 0.421. The number of carbonyl (C=O) groups is 1. The van der Waals surface area contributed by atoms with Gasteiger partial charge in [0, 0.05) is 10.8 Å². The third-order valence-corrected chi connectivity index (χ3v) is 3.62. The highest BCUT2D eigenvalue weighted by atomic mass is 16.1. The molecule has 0 aliphatic heterocycles. The Morgan fingerprint density at radius 3 is 2.17 bits per heavy atom. The van der Waals surface area contributed by atoms with Gasteiger partial charge in [-0.25, -0.2) is 4.68 Å². The van der Waals surface area contributed by atoms with Crippen molar-refractivity contribution >= 4 is 11.9 Å². The molecule has 0 bridgehead atoms. The van der Waals surface area contributed by atoms with Crippen LogP contribution in [0.25, 0.3) is 11.8 Å². The van der Waals surface area contributed by atoms with Crippen LogP contribution in [0.2, 0.25) is 0 Å². The fourth-order valence-corrected chi connectivity index (χ4v) is 2.09. The van der Waals surface area contributed by atoms with E-state index in [1.807, 2.05) is 55.8 Å². The molecule has 0 aliphatic carbocycles. The highest BCUT2D eigenvalue weighted by molar-refractivity contribution is 5.97. The maximum atomic E-state index is 11.9. The van der Waals surface area contributed by atoms with Gasteiger partial charge in [-0.3, -0.25) is 4.79 Å². The Hall–Kier alpha value is -2.23. The van der Waals surface area contributed by atoms with Crippen LogP contribution in [0.3, 0.4) is 0 Å². The molecule has 2 aromatic rings. The van der Waals surface area contributed by atoms with Gasteiger partial charge in [0.05, 0.1) is 17.6 Å². The summed E-state index contributed by atoms with van der Waals surface area (Å²) in [6, 6.07) is 7.95. The van der Waals surface area contributed by atoms with Crippen LogP contribution in [0, 0.1) is 5.41 Å². The summed E-state index contributed by atoms with van der Waals surface area (Å²) in [5.41, 5.74) is 2.64. The first-order valence-electron chi connectivity index (χ1n) is 7.83. The summed E-state index contributed by atoms with van der Waals surface area (Å²) in [6.07, 6.45) is 5.30. The van der Waals surface area contributed by atoms with Crippen molar-refractivity contribution in [1.82, 2.24) is 15.0 Å². The minimum Gasteiger partial charge on any atom is -0.294 e. The molecule has 0 unspecified atom stereocenters. The van der Waals surface area contributed by atoms with E-state index in [1.54, 1.807) is 12.3 Å². The molecule has 0 radical (unpaired) electrons. The van der Waals surface area contributed by atoms with Gasteiger partial charge >= 0.3 is 0 Å². The van der Waals surface area contributed by atoms with Crippen molar-refractivity contribution in [2.45, 2.75) is 47.0 Å². The lowest BCUT2D eigenvalue weighted by Gasteiger charge is -2.19. The largest absolute Gasteiger partial charge is 0.294 e. The van der Waals surface area contributed by atoms with Gasteiger partial charge in [-0.2, -0.15) is 0 Å². The number of nitrogens with zero attached hydrogens (tertiary/aromatic N) is 3. The van der Waals surface area contributed by atoms with E-state index in [-0.39, 0.29) is 16.6 Å². The summed E-state index contributed by atoms with van der Waals surface area (Å²) in [5.74, 6) is 0.118. The predicted octanol–water partition coefficient (Wildman–Crippen LogP) is 4.19. The first-order chi connectivity index (χ1) is 10.6. The van der Waals surface area contributed by atoms with E-state index in [9.17, 15) is 4.79 Å². The van der Waals surface area contributed by atoms with Crippen LogP contribution < -0.4 is 0 Å². The Morgan fingerprint density at radius 1 is 1.04 bits per heavy atom. The quantitative estimate of drug-likeness (QED) is 0.798. The van der Waals surface area contributed by atoms with Crippen LogP contribution in [0.5, 0.6) is 0 Å². The minimum absolute atomic E-state index is 0.0266. The second-order valence-corrected chi connectivity index (χ2v) is 7.82. The number of benzene rings is 1. The average Bonchev–Trinajstić information content (AvgIpc) is 2.93. The standard InChI is InChI=1S/C19H25N3O/c1-18(2,3)16-13-20-21-22(16)15-10-7-14(8-11-15)9-12-17(23)19(4,5)6/h7-13H,1-6H3/b12-9+. The number of aromatic nitrogens is 3. The van der Waals surface area contributed by atoms with Gasteiger partial charge in [-0.05, 0) is 23.8 Å². The van der Waals surface area contributed by atoms with Crippen molar-refractivity contribution in [2.75, 3.05) is 0 Å². The van der Waals surface area contributed by atoms with E-state index >= 15 is 0 Å². The molecule has 0 spiro atoms. The summed E-state index contributed by atoms with van der Waals surface area (Å²) < 4.78 is 1.85. The van der Waals surface area contributed by atoms with Gasteiger partial charge in [-0.1, -0.05) is 65.0 Å². The van der Waals surface area contributed by atoms with E-state index in [0.29, 0.717) is 0 Å². The second kappa shape index (κ2) is 6.11. The van der Waals surface area contributed by atoms with Crippen molar-refractivity contribution in [3.63, 3.8) is 0 Å². The Balaban J connectivity index is 2.23. The molecule has 1 aromatic carbocycles. The number of ketones is 1. The third-order valence-electron chi connectivity index (χ3n) is 3.62. The number of hydrogen-bond acceptors (Lipinski definition) is 3. The first kappa shape index (κ1) is 17.1. The molecule has 0 amide bonds. The summed E-state index contributed by atoms with van der Waals surface area (Å²) in [7, 11) is 0. The highest BCUT2D eigenvalue weighted by Crippen LogP contribution is 2.24. The van der Waals surface area contributed by atoms with Crippen LogP contribution in [-0.2, 0) is 10.2 Å². The molecule has 122 valence electrons. The van der Waals surface area contributed by atoms with E-state index in [4.69, 9.17) is 0 Å². The Labute approximate surface area is 138 Å². The molecule has 0 saturated heterocycles. The molecule has 4 heteroatoms. The predicted molar refractivity (Wildman–Crippen MR) is 93.6 cm³/mol. The Bertz CT molecular complexity index is 710. The third kappa shape index (κ3) is 4.15. The molecule has 1 heterocycles. The van der Waals surface area contributed by atoms with Crippen molar-refractivity contribution in [3.8, 4) is 5.69 Å². The summed E-state index contributed by atoms with van der Waals surface area (Å²) >= 11 is 0. The van der Waals surface area contributed by atoms with Gasteiger partial charge in [0.2, 0.25) is 0 Å². The average molecular weight is 311 g/mol. The second-order valence-electron chi connectivity index (χ2n) is 7.82. The zero-order valence-corrected chi connectivity index (χ0v) is 14.8. The monoisotopic (exact) mass is 311 g/mol. The molecule has 0 saturated carbocycles. The molecule has 0 aliphatic rings. The van der Waals surface area contributed by atoms with Gasteiger partial charge < -0.3 is 0 Å². The van der Waals surface area contributed by atoms with Crippen LogP contribution in [0.1, 0.15) is 52.8 Å². The van der Waals surface area contributed by atoms with Gasteiger partial charge in [-0.15, -0.1) is 5.10 Å². The SMILES string of the molecule is CC(C)(C)C(=O)/C=C/c1ccc(-n2nncc2C(C)(C)C)cc1. The molecule has 0 N–H and O–H groups in total. The molecule has 1 aromatic heterocycles. The van der Waals surface area contributed by atoms with Crippen LogP contribution in [0.4, 0.5) is 0 Å². The minimum atomic E-state index is -0.348. The first-order valence-corrected chi connectivity index (χ1v) is 7.83. The molecule has 0 fully saturated rings. The lowest BCUT2D eigenvalue weighted by molar-refractivity contribution is -0.121. The van der Waals surface area contributed by atoms with Crippen molar-refractivity contribution in [3.05, 3.63) is 47.8 Å². The summed E-state index contributed by atoms with van der Waals surface area (Å²) in [6.45, 7) is 12.2. The number of hydrogen-bond donors (Lipinski definition) is 0. The lowest BCUT2D eigenvalue weighted by atomic mass is 9.90. The summed E-state index contributed by atoms with van der Waals surface area (Å²) in [5, 5.41) is 8.21. The zero-order chi connectivity index (χ0) is 17.3. The van der Waals surface area contributed by atoms with Crippen molar-refractivity contribution in [2.24, 2.45) is 5.41 Å². The normalized spacial score (nSPS) is 12.8.